The molecule has 45 heavy (non-hydrogen) atoms. The summed E-state index contributed by atoms with van der Waals surface area (Å²) < 4.78 is 5.81. The molecule has 7 atom stereocenters. The molecule has 2 bridgehead atoms. The van der Waals surface area contributed by atoms with Gasteiger partial charge in [0.2, 0.25) is 11.8 Å². The van der Waals surface area contributed by atoms with Crippen molar-refractivity contribution in [2.24, 2.45) is 29.6 Å². The SMILES string of the molecule is Cc1ccc(N2C(=O)C3C4CC(C3C2=O)C2C4Sc3[nH]c(=O)sc3[C@@H]2c2ccc(OCC(=O)Nc3cccc(C)c3)cc2)cc1. The number of benzene rings is 3. The second-order valence-corrected chi connectivity index (χ2v) is 14.8. The molecule has 2 saturated carbocycles. The number of aromatic nitrogens is 1. The van der Waals surface area contributed by atoms with Crippen LogP contribution in [0.15, 0.2) is 82.6 Å². The Bertz CT molecular complexity index is 1900. The van der Waals surface area contributed by atoms with Crippen molar-refractivity contribution in [2.75, 3.05) is 16.8 Å². The van der Waals surface area contributed by atoms with E-state index in [1.54, 1.807) is 11.8 Å². The van der Waals surface area contributed by atoms with Crippen LogP contribution in [0.4, 0.5) is 11.4 Å². The molecule has 8 rings (SSSR count). The van der Waals surface area contributed by atoms with Crippen LogP contribution in [0.25, 0.3) is 0 Å². The third-order valence-corrected chi connectivity index (χ3v) is 12.5. The molecule has 3 heterocycles. The fraction of sp³-hybridized carbons (Fsp3) is 0.314. The number of aromatic amines is 1. The Morgan fingerprint density at radius 1 is 0.933 bits per heavy atom. The molecule has 6 unspecified atom stereocenters. The molecule has 10 heteroatoms. The predicted octanol–water partition coefficient (Wildman–Crippen LogP) is 5.75. The Hall–Kier alpha value is -4.15. The summed E-state index contributed by atoms with van der Waals surface area (Å²) in [4.78, 5) is 58.2. The number of rotatable bonds is 6. The van der Waals surface area contributed by atoms with E-state index < -0.39 is 0 Å². The van der Waals surface area contributed by atoms with E-state index in [2.05, 4.69) is 10.3 Å². The molecule has 1 aromatic heterocycles. The molecule has 2 aliphatic carbocycles. The predicted molar refractivity (Wildman–Crippen MR) is 174 cm³/mol. The highest BCUT2D eigenvalue weighted by Crippen LogP contribution is 2.68. The number of hydrogen-bond donors (Lipinski definition) is 2. The zero-order valence-electron chi connectivity index (χ0n) is 24.7. The van der Waals surface area contributed by atoms with Gasteiger partial charge in [0.15, 0.2) is 6.61 Å². The first-order chi connectivity index (χ1) is 21.8. The van der Waals surface area contributed by atoms with Gasteiger partial charge in [0.05, 0.1) is 22.5 Å². The van der Waals surface area contributed by atoms with Gasteiger partial charge in [0, 0.05) is 21.7 Å². The number of imide groups is 1. The van der Waals surface area contributed by atoms with Crippen LogP contribution in [0.1, 0.15) is 33.9 Å². The van der Waals surface area contributed by atoms with Crippen molar-refractivity contribution < 1.29 is 19.1 Å². The molecule has 0 spiro atoms. The van der Waals surface area contributed by atoms with Crippen molar-refractivity contribution in [3.05, 3.63) is 104 Å². The molecule has 4 aliphatic rings. The normalized spacial score (nSPS) is 27.7. The number of ether oxygens (including phenoxy) is 1. The maximum Gasteiger partial charge on any atom is 0.305 e. The van der Waals surface area contributed by atoms with Crippen LogP contribution < -0.4 is 19.8 Å². The van der Waals surface area contributed by atoms with E-state index in [1.807, 2.05) is 86.6 Å². The first-order valence-electron chi connectivity index (χ1n) is 15.2. The summed E-state index contributed by atoms with van der Waals surface area (Å²) >= 11 is 2.92. The fourth-order valence-corrected chi connectivity index (χ4v) is 11.1. The molecular weight excluding hydrogens is 607 g/mol. The number of aryl methyl sites for hydroxylation is 2. The number of hydrogen-bond acceptors (Lipinski definition) is 7. The summed E-state index contributed by atoms with van der Waals surface area (Å²) in [6, 6.07) is 22.9. The summed E-state index contributed by atoms with van der Waals surface area (Å²) in [5, 5.41) is 3.85. The van der Waals surface area contributed by atoms with Crippen LogP contribution in [-0.2, 0) is 14.4 Å². The monoisotopic (exact) mass is 637 g/mol. The molecule has 4 aromatic rings. The molecule has 1 saturated heterocycles. The van der Waals surface area contributed by atoms with Gasteiger partial charge in [-0.3, -0.25) is 24.1 Å². The van der Waals surface area contributed by atoms with E-state index in [-0.39, 0.29) is 70.0 Å². The van der Waals surface area contributed by atoms with Crippen LogP contribution in [0.3, 0.4) is 0 Å². The highest BCUT2D eigenvalue weighted by Gasteiger charge is 2.69. The van der Waals surface area contributed by atoms with Crippen molar-refractivity contribution in [3.8, 4) is 5.75 Å². The van der Waals surface area contributed by atoms with E-state index in [4.69, 9.17) is 4.74 Å². The minimum atomic E-state index is -0.347. The Balaban J connectivity index is 1.05. The average molecular weight is 638 g/mol. The maximum atomic E-state index is 13.9. The molecule has 3 amide bonds. The van der Waals surface area contributed by atoms with Gasteiger partial charge in [-0.15, -0.1) is 11.8 Å². The first-order valence-corrected chi connectivity index (χ1v) is 16.9. The average Bonchev–Trinajstić information content (AvgIpc) is 3.76. The van der Waals surface area contributed by atoms with E-state index in [0.29, 0.717) is 11.4 Å². The zero-order chi connectivity index (χ0) is 31.0. The summed E-state index contributed by atoms with van der Waals surface area (Å²) in [5.74, 6) is -0.392. The van der Waals surface area contributed by atoms with E-state index >= 15 is 0 Å². The minimum absolute atomic E-state index is 0.0426. The smallest absolute Gasteiger partial charge is 0.305 e. The largest absolute Gasteiger partial charge is 0.484 e. The number of fused-ring (bicyclic) bond motifs is 9. The van der Waals surface area contributed by atoms with E-state index in [9.17, 15) is 19.2 Å². The van der Waals surface area contributed by atoms with Crippen LogP contribution in [0.5, 0.6) is 5.75 Å². The lowest BCUT2D eigenvalue weighted by Gasteiger charge is -2.43. The number of nitrogens with one attached hydrogen (secondary N) is 2. The van der Waals surface area contributed by atoms with Crippen LogP contribution >= 0.6 is 23.1 Å². The second kappa shape index (κ2) is 10.7. The van der Waals surface area contributed by atoms with Crippen molar-refractivity contribution in [1.29, 1.82) is 0 Å². The van der Waals surface area contributed by atoms with Crippen LogP contribution in [0, 0.1) is 43.4 Å². The number of H-pyrrole nitrogens is 1. The standard InChI is InChI=1S/C35H31N3O5S2/c1-17-6-10-21(11-7-17)38-33(40)28-23-15-24(29(28)34(38)41)30-27(23)26(31-32(44-30)37-35(42)45-31)19-8-12-22(13-9-19)43-16-25(39)36-20-5-3-4-18(2)14-20/h3-14,23-24,26-30H,15-16H2,1-2H3,(H,36,39)(H,37,42)/t23?,24?,26-,27?,28?,29?,30?/m1/s1. The number of thioether (sulfide) groups is 1. The van der Waals surface area contributed by atoms with Gasteiger partial charge in [-0.2, -0.15) is 0 Å². The Labute approximate surface area is 268 Å². The highest BCUT2D eigenvalue weighted by atomic mass is 32.2. The number of carbonyl (C=O) groups excluding carboxylic acids is 3. The quantitative estimate of drug-likeness (QED) is 0.261. The molecule has 2 N–H and O–H groups in total. The van der Waals surface area contributed by atoms with Gasteiger partial charge >= 0.3 is 4.87 Å². The Morgan fingerprint density at radius 2 is 1.67 bits per heavy atom. The Kier molecular flexibility index (Phi) is 6.76. The lowest BCUT2D eigenvalue weighted by Crippen LogP contribution is -2.42. The molecule has 3 fully saturated rings. The second-order valence-electron chi connectivity index (χ2n) is 12.6. The number of amides is 3. The highest BCUT2D eigenvalue weighted by molar-refractivity contribution is 8.00. The number of thiazole rings is 1. The lowest BCUT2D eigenvalue weighted by atomic mass is 9.68. The maximum absolute atomic E-state index is 13.9. The third kappa shape index (κ3) is 4.65. The van der Waals surface area contributed by atoms with Gasteiger partial charge in [0.1, 0.15) is 5.75 Å². The van der Waals surface area contributed by atoms with Gasteiger partial charge in [-0.1, -0.05) is 53.3 Å². The fourth-order valence-electron chi connectivity index (χ4n) is 8.18. The number of nitrogens with zero attached hydrogens (tertiary/aromatic N) is 1. The van der Waals surface area contributed by atoms with Crippen molar-refractivity contribution in [3.63, 3.8) is 0 Å². The van der Waals surface area contributed by atoms with Crippen molar-refractivity contribution in [1.82, 2.24) is 4.98 Å². The number of anilines is 2. The summed E-state index contributed by atoms with van der Waals surface area (Å²) in [5.41, 5.74) is 4.53. The van der Waals surface area contributed by atoms with Gasteiger partial charge < -0.3 is 15.0 Å². The van der Waals surface area contributed by atoms with E-state index in [1.165, 1.54) is 16.2 Å². The van der Waals surface area contributed by atoms with Crippen molar-refractivity contribution in [2.45, 2.75) is 36.5 Å². The van der Waals surface area contributed by atoms with E-state index in [0.717, 1.165) is 38.7 Å². The zero-order valence-corrected chi connectivity index (χ0v) is 26.3. The lowest BCUT2D eigenvalue weighted by molar-refractivity contribution is -0.123. The molecule has 2 aliphatic heterocycles. The summed E-state index contributed by atoms with van der Waals surface area (Å²) in [7, 11) is 0. The molecule has 228 valence electrons. The van der Waals surface area contributed by atoms with Crippen molar-refractivity contribution >= 4 is 52.2 Å². The summed E-state index contributed by atoms with van der Waals surface area (Å²) in [6.07, 6.45) is 0.837. The topological polar surface area (TPSA) is 109 Å². The third-order valence-electron chi connectivity index (χ3n) is 9.93. The van der Waals surface area contributed by atoms with Gasteiger partial charge in [0.25, 0.3) is 5.91 Å². The molecule has 3 aromatic carbocycles. The Morgan fingerprint density at radius 3 is 2.40 bits per heavy atom. The first kappa shape index (κ1) is 28.3. The molecule has 0 radical (unpaired) electrons. The number of carbonyl (C=O) groups is 3. The van der Waals surface area contributed by atoms with Gasteiger partial charge in [-0.25, -0.2) is 0 Å². The minimum Gasteiger partial charge on any atom is -0.484 e. The van der Waals surface area contributed by atoms with Crippen LogP contribution in [0.2, 0.25) is 0 Å². The molecule has 8 nitrogen and oxygen atoms in total. The summed E-state index contributed by atoms with van der Waals surface area (Å²) in [6.45, 7) is 3.83. The van der Waals surface area contributed by atoms with Crippen LogP contribution in [-0.4, -0.2) is 34.6 Å². The van der Waals surface area contributed by atoms with Gasteiger partial charge in [-0.05, 0) is 85.5 Å². The molecular formula is C35H31N3O5S2.